The Labute approximate surface area is 174 Å². The molecule has 0 saturated heterocycles. The number of hydrogen-bond acceptors (Lipinski definition) is 2. The van der Waals surface area contributed by atoms with Crippen LogP contribution in [-0.4, -0.2) is 14.8 Å². The highest BCUT2D eigenvalue weighted by Crippen LogP contribution is 2.34. The predicted octanol–water partition coefficient (Wildman–Crippen LogP) is 6.76. The maximum atomic E-state index is 6.34. The Kier molecular flexibility index (Phi) is 4.33. The first-order chi connectivity index (χ1) is 14.1. The lowest BCUT2D eigenvalue weighted by molar-refractivity contribution is 0.917. The number of halogens is 1. The summed E-state index contributed by atoms with van der Waals surface area (Å²) in [6.07, 6.45) is 2.94. The molecule has 5 rings (SSSR count). The molecule has 0 N–H and O–H groups in total. The van der Waals surface area contributed by atoms with Gasteiger partial charge < -0.3 is 0 Å². The highest BCUT2D eigenvalue weighted by Gasteiger charge is 2.17. The van der Waals surface area contributed by atoms with E-state index in [0.29, 0.717) is 5.02 Å². The Balaban J connectivity index is 1.86. The average Bonchev–Trinajstić information content (AvgIpc) is 3.14. The zero-order valence-corrected chi connectivity index (χ0v) is 17.1. The molecule has 0 spiro atoms. The smallest absolute Gasteiger partial charge is 0.102 e. The second kappa shape index (κ2) is 7.02. The third kappa shape index (κ3) is 3.08. The molecule has 0 aliphatic rings. The second-order valence-electron chi connectivity index (χ2n) is 7.33. The van der Waals surface area contributed by atoms with Gasteiger partial charge in [-0.1, -0.05) is 60.5 Å². The van der Waals surface area contributed by atoms with Gasteiger partial charge in [-0.3, -0.25) is 4.98 Å². The number of aryl methyl sites for hydroxylation is 2. The summed E-state index contributed by atoms with van der Waals surface area (Å²) in [4.78, 5) is 4.68. The topological polar surface area (TPSA) is 30.7 Å². The fourth-order valence-electron chi connectivity index (χ4n) is 3.74. The van der Waals surface area contributed by atoms with Crippen molar-refractivity contribution in [2.75, 3.05) is 0 Å². The molecule has 0 amide bonds. The van der Waals surface area contributed by atoms with E-state index in [-0.39, 0.29) is 0 Å². The highest BCUT2D eigenvalue weighted by atomic mass is 35.5. The molecule has 2 aromatic heterocycles. The standard InChI is InChI=1S/C25H20ClN3/c1-3-17-6-8-18(9-7-17)24-22-15-27-23-13-10-19(26)14-21(23)25(22)29(28-24)20-11-4-16(2)5-12-20/h4-15H,3H2,1-2H3. The highest BCUT2D eigenvalue weighted by molar-refractivity contribution is 6.31. The number of hydrogen-bond donors (Lipinski definition) is 0. The fourth-order valence-corrected chi connectivity index (χ4v) is 3.91. The van der Waals surface area contributed by atoms with Gasteiger partial charge in [0.25, 0.3) is 0 Å². The van der Waals surface area contributed by atoms with E-state index in [2.05, 4.69) is 67.4 Å². The van der Waals surface area contributed by atoms with E-state index < -0.39 is 0 Å². The number of aromatic nitrogens is 3. The van der Waals surface area contributed by atoms with Crippen molar-refractivity contribution in [1.82, 2.24) is 14.8 Å². The molecule has 3 nitrogen and oxygen atoms in total. The molecule has 0 bridgehead atoms. The minimum Gasteiger partial charge on any atom is -0.255 e. The maximum Gasteiger partial charge on any atom is 0.102 e. The summed E-state index contributed by atoms with van der Waals surface area (Å²) < 4.78 is 2.01. The van der Waals surface area contributed by atoms with Gasteiger partial charge >= 0.3 is 0 Å². The van der Waals surface area contributed by atoms with Gasteiger partial charge in [-0.2, -0.15) is 5.10 Å². The molecule has 0 saturated carbocycles. The van der Waals surface area contributed by atoms with Crippen LogP contribution in [-0.2, 0) is 6.42 Å². The van der Waals surface area contributed by atoms with E-state index in [1.165, 1.54) is 11.1 Å². The summed E-state index contributed by atoms with van der Waals surface area (Å²) in [6.45, 7) is 4.25. The van der Waals surface area contributed by atoms with E-state index in [4.69, 9.17) is 16.7 Å². The zero-order chi connectivity index (χ0) is 20.0. The van der Waals surface area contributed by atoms with Crippen LogP contribution in [0.15, 0.2) is 72.9 Å². The van der Waals surface area contributed by atoms with E-state index in [9.17, 15) is 0 Å². The van der Waals surface area contributed by atoms with E-state index in [0.717, 1.165) is 45.2 Å². The first kappa shape index (κ1) is 17.9. The van der Waals surface area contributed by atoms with Crippen LogP contribution in [0.5, 0.6) is 0 Å². The summed E-state index contributed by atoms with van der Waals surface area (Å²) in [6, 6.07) is 22.8. The van der Waals surface area contributed by atoms with Crippen LogP contribution in [0.4, 0.5) is 0 Å². The molecule has 4 heteroatoms. The molecule has 0 atom stereocenters. The number of nitrogens with zero attached hydrogens (tertiary/aromatic N) is 3. The predicted molar refractivity (Wildman–Crippen MR) is 121 cm³/mol. The van der Waals surface area contributed by atoms with Gasteiger partial charge in [0.05, 0.1) is 16.7 Å². The molecule has 0 radical (unpaired) electrons. The third-order valence-electron chi connectivity index (χ3n) is 5.38. The molecule has 3 aromatic carbocycles. The normalized spacial score (nSPS) is 11.4. The number of fused-ring (bicyclic) bond motifs is 3. The Morgan fingerprint density at radius 1 is 0.897 bits per heavy atom. The molecular weight excluding hydrogens is 378 g/mol. The van der Waals surface area contributed by atoms with Crippen molar-refractivity contribution in [2.24, 2.45) is 0 Å². The summed E-state index contributed by atoms with van der Waals surface area (Å²) in [5.41, 5.74) is 7.49. The van der Waals surface area contributed by atoms with Crippen LogP contribution < -0.4 is 0 Å². The first-order valence-electron chi connectivity index (χ1n) is 9.77. The molecule has 0 unspecified atom stereocenters. The zero-order valence-electron chi connectivity index (χ0n) is 16.4. The lowest BCUT2D eigenvalue weighted by Crippen LogP contribution is -1.97. The minimum atomic E-state index is 0.692. The Morgan fingerprint density at radius 3 is 2.38 bits per heavy atom. The summed E-state index contributed by atoms with van der Waals surface area (Å²) in [5.74, 6) is 0. The Morgan fingerprint density at radius 2 is 1.66 bits per heavy atom. The van der Waals surface area contributed by atoms with E-state index in [1.54, 1.807) is 0 Å². The van der Waals surface area contributed by atoms with E-state index in [1.807, 2.05) is 29.1 Å². The fraction of sp³-hybridized carbons (Fsp3) is 0.120. The largest absolute Gasteiger partial charge is 0.255 e. The van der Waals surface area contributed by atoms with Crippen LogP contribution in [0.25, 0.3) is 38.8 Å². The van der Waals surface area contributed by atoms with Crippen molar-refractivity contribution < 1.29 is 0 Å². The number of benzene rings is 3. The van der Waals surface area contributed by atoms with Crippen molar-refractivity contribution in [3.63, 3.8) is 0 Å². The lowest BCUT2D eigenvalue weighted by Gasteiger charge is -2.06. The molecule has 29 heavy (non-hydrogen) atoms. The van der Waals surface area contributed by atoms with Gasteiger partial charge in [0.2, 0.25) is 0 Å². The van der Waals surface area contributed by atoms with Gasteiger partial charge in [0.1, 0.15) is 5.69 Å². The van der Waals surface area contributed by atoms with Crippen molar-refractivity contribution in [1.29, 1.82) is 0 Å². The van der Waals surface area contributed by atoms with Crippen molar-refractivity contribution in [3.8, 4) is 16.9 Å². The molecule has 142 valence electrons. The number of rotatable bonds is 3. The lowest BCUT2D eigenvalue weighted by atomic mass is 10.0. The van der Waals surface area contributed by atoms with Gasteiger partial charge in [0.15, 0.2) is 0 Å². The van der Waals surface area contributed by atoms with Crippen molar-refractivity contribution in [2.45, 2.75) is 20.3 Å². The molecule has 0 fully saturated rings. The van der Waals surface area contributed by atoms with Crippen molar-refractivity contribution in [3.05, 3.63) is 89.1 Å². The molecular formula is C25H20ClN3. The van der Waals surface area contributed by atoms with Crippen LogP contribution in [0.2, 0.25) is 5.02 Å². The van der Waals surface area contributed by atoms with Gasteiger partial charge in [-0.15, -0.1) is 0 Å². The average molecular weight is 398 g/mol. The minimum absolute atomic E-state index is 0.692. The molecule has 0 aliphatic heterocycles. The second-order valence-corrected chi connectivity index (χ2v) is 7.76. The third-order valence-corrected chi connectivity index (χ3v) is 5.62. The van der Waals surface area contributed by atoms with Gasteiger partial charge in [-0.05, 0) is 49.2 Å². The quantitative estimate of drug-likeness (QED) is 0.336. The van der Waals surface area contributed by atoms with Gasteiger partial charge in [-0.25, -0.2) is 4.68 Å². The molecule has 5 aromatic rings. The van der Waals surface area contributed by atoms with Crippen LogP contribution in [0.3, 0.4) is 0 Å². The first-order valence-corrected chi connectivity index (χ1v) is 10.1. The van der Waals surface area contributed by atoms with Crippen LogP contribution in [0, 0.1) is 6.92 Å². The summed E-state index contributed by atoms with van der Waals surface area (Å²) in [5, 5.41) is 7.74. The van der Waals surface area contributed by atoms with Crippen LogP contribution >= 0.6 is 11.6 Å². The van der Waals surface area contributed by atoms with Crippen molar-refractivity contribution >= 4 is 33.4 Å². The van der Waals surface area contributed by atoms with Crippen LogP contribution in [0.1, 0.15) is 18.1 Å². The van der Waals surface area contributed by atoms with Gasteiger partial charge in [0, 0.05) is 27.6 Å². The number of pyridine rings is 1. The molecule has 0 aliphatic carbocycles. The Bertz CT molecular complexity index is 1330. The van der Waals surface area contributed by atoms with E-state index >= 15 is 0 Å². The maximum absolute atomic E-state index is 6.34. The SMILES string of the molecule is CCc1ccc(-c2nn(-c3ccc(C)cc3)c3c2cnc2ccc(Cl)cc23)cc1. The summed E-state index contributed by atoms with van der Waals surface area (Å²) >= 11 is 6.34. The monoisotopic (exact) mass is 397 g/mol. The molecule has 2 heterocycles. The Hall–Kier alpha value is -3.17. The summed E-state index contributed by atoms with van der Waals surface area (Å²) in [7, 11) is 0.